The van der Waals surface area contributed by atoms with E-state index in [4.69, 9.17) is 14.9 Å². The second-order valence-corrected chi connectivity index (χ2v) is 13.3. The Balaban J connectivity index is 0.000000300. The van der Waals surface area contributed by atoms with Gasteiger partial charge in [0, 0.05) is 51.3 Å². The van der Waals surface area contributed by atoms with Crippen molar-refractivity contribution >= 4 is 17.5 Å². The highest BCUT2D eigenvalue weighted by atomic mass is 19.4. The standard InChI is InChI=1S/C16H24F3N5O2.C12H21NO.C6H11NO/c1-9(26-15(3,4)16(17,18)19)13(11-8-20-10(2)22-11)23-14(25)12-6-7-21-24(12)5;1-4-9(2)12(10(3)13)11-5-7-14-8-6-11;1-5-2-3-6(8)7-4-5/h6-10,13,20,22H,1-5H3,(H,23,25);11,13H,4-8H2,1-3H3;5H,2-4H2,1H3,(H,7,8). The van der Waals surface area contributed by atoms with Gasteiger partial charge in [-0.3, -0.25) is 14.3 Å². The molecule has 1 aromatic rings. The predicted molar refractivity (Wildman–Crippen MR) is 180 cm³/mol. The molecule has 0 aliphatic carbocycles. The minimum absolute atomic E-state index is 0.107. The largest absolute Gasteiger partial charge is 0.416 e. The third-order valence-electron chi connectivity index (χ3n) is 8.72. The SMILES string of the molecule is CC1CCC(=O)NC1.CC1NC=C(C(NC(=O)c2ccnn2C)C(C)OC(C)(C)C(F)(F)F)N1.CCC(C)=C(C(C)=N)C1CCOCC1. The Labute approximate surface area is 283 Å². The van der Waals surface area contributed by atoms with Crippen molar-refractivity contribution in [2.45, 2.75) is 118 Å². The molecule has 4 unspecified atom stereocenters. The van der Waals surface area contributed by atoms with Gasteiger partial charge in [-0.15, -0.1) is 0 Å². The number of aryl methyl sites for hydroxylation is 1. The van der Waals surface area contributed by atoms with Gasteiger partial charge in [-0.2, -0.15) is 18.3 Å². The van der Waals surface area contributed by atoms with Gasteiger partial charge in [-0.05, 0) is 90.7 Å². The van der Waals surface area contributed by atoms with Crippen LogP contribution in [0.2, 0.25) is 0 Å². The number of rotatable bonds is 9. The molecule has 0 spiro atoms. The Morgan fingerprint density at radius 2 is 1.85 bits per heavy atom. The van der Waals surface area contributed by atoms with Crippen molar-refractivity contribution in [1.82, 2.24) is 31.0 Å². The number of amides is 2. The predicted octanol–water partition coefficient (Wildman–Crippen LogP) is 5.36. The maximum Gasteiger partial charge on any atom is 0.416 e. The molecule has 48 heavy (non-hydrogen) atoms. The monoisotopic (exact) mass is 683 g/mol. The van der Waals surface area contributed by atoms with E-state index in [2.05, 4.69) is 47.1 Å². The molecule has 3 aliphatic rings. The van der Waals surface area contributed by atoms with E-state index < -0.39 is 29.8 Å². The summed E-state index contributed by atoms with van der Waals surface area (Å²) in [7, 11) is 1.60. The summed E-state index contributed by atoms with van der Waals surface area (Å²) in [6, 6.07) is 0.714. The third kappa shape index (κ3) is 12.2. The summed E-state index contributed by atoms with van der Waals surface area (Å²) >= 11 is 0. The molecule has 0 bridgehead atoms. The summed E-state index contributed by atoms with van der Waals surface area (Å²) in [5, 5.41) is 23.3. The van der Waals surface area contributed by atoms with Gasteiger partial charge >= 0.3 is 6.18 Å². The van der Waals surface area contributed by atoms with Crippen LogP contribution in [0.1, 0.15) is 98.0 Å². The average Bonchev–Trinajstić information content (AvgIpc) is 3.65. The van der Waals surface area contributed by atoms with Gasteiger partial charge in [0.15, 0.2) is 5.60 Å². The van der Waals surface area contributed by atoms with E-state index in [1.165, 1.54) is 35.0 Å². The average molecular weight is 684 g/mol. The molecule has 4 heterocycles. The van der Waals surface area contributed by atoms with Crippen molar-refractivity contribution in [3.8, 4) is 0 Å². The summed E-state index contributed by atoms with van der Waals surface area (Å²) in [4.78, 5) is 23.0. The highest BCUT2D eigenvalue weighted by molar-refractivity contribution is 5.96. The van der Waals surface area contributed by atoms with Gasteiger partial charge in [-0.1, -0.05) is 19.4 Å². The minimum atomic E-state index is -4.54. The number of allylic oxidation sites excluding steroid dienone is 2. The maximum absolute atomic E-state index is 13.2. The molecule has 0 radical (unpaired) electrons. The Bertz CT molecular complexity index is 1280. The van der Waals surface area contributed by atoms with Crippen molar-refractivity contribution in [3.63, 3.8) is 0 Å². The molecular weight excluding hydrogens is 627 g/mol. The quantitative estimate of drug-likeness (QED) is 0.221. The molecule has 5 N–H and O–H groups in total. The van der Waals surface area contributed by atoms with Crippen molar-refractivity contribution in [3.05, 3.63) is 41.0 Å². The molecule has 14 heteroatoms. The van der Waals surface area contributed by atoms with Crippen LogP contribution in [0.25, 0.3) is 0 Å². The Hall–Kier alpha value is -3.39. The van der Waals surface area contributed by atoms with Crippen LogP contribution < -0.4 is 21.3 Å². The van der Waals surface area contributed by atoms with E-state index in [9.17, 15) is 22.8 Å². The molecule has 4 rings (SSSR count). The second kappa shape index (κ2) is 18.4. The second-order valence-electron chi connectivity index (χ2n) is 13.3. The zero-order chi connectivity index (χ0) is 36.2. The molecule has 0 saturated carbocycles. The lowest BCUT2D eigenvalue weighted by Crippen LogP contribution is -2.53. The maximum atomic E-state index is 13.2. The van der Waals surface area contributed by atoms with Crippen LogP contribution in [0.4, 0.5) is 13.2 Å². The minimum Gasteiger partial charge on any atom is -0.381 e. The zero-order valence-electron chi connectivity index (χ0n) is 29.9. The van der Waals surface area contributed by atoms with E-state index in [-0.39, 0.29) is 17.8 Å². The molecule has 2 saturated heterocycles. The number of hydrogen-bond acceptors (Lipinski definition) is 8. The number of alkyl halides is 3. The number of aromatic nitrogens is 2. The van der Waals surface area contributed by atoms with E-state index in [0.717, 1.165) is 71.4 Å². The summed E-state index contributed by atoms with van der Waals surface area (Å²) < 4.78 is 51.5. The molecule has 272 valence electrons. The highest BCUT2D eigenvalue weighted by Crippen LogP contribution is 2.35. The summed E-state index contributed by atoms with van der Waals surface area (Å²) in [6.45, 7) is 16.2. The fourth-order valence-corrected chi connectivity index (χ4v) is 5.59. The molecule has 11 nitrogen and oxygen atoms in total. The number of carbonyl (C=O) groups excluding carboxylic acids is 2. The highest BCUT2D eigenvalue weighted by Gasteiger charge is 2.50. The topological polar surface area (TPSA) is 142 Å². The number of carbonyl (C=O) groups is 2. The first-order chi connectivity index (χ1) is 22.4. The lowest BCUT2D eigenvalue weighted by Gasteiger charge is -2.35. The van der Waals surface area contributed by atoms with Crippen LogP contribution in [-0.4, -0.2) is 77.2 Å². The van der Waals surface area contributed by atoms with Crippen molar-refractivity contribution in [2.24, 2.45) is 18.9 Å². The number of piperidine rings is 1. The van der Waals surface area contributed by atoms with Crippen LogP contribution in [0.5, 0.6) is 0 Å². The Morgan fingerprint density at radius 1 is 1.21 bits per heavy atom. The number of hydrogen-bond donors (Lipinski definition) is 5. The van der Waals surface area contributed by atoms with Gasteiger partial charge in [0.1, 0.15) is 5.69 Å². The fourth-order valence-electron chi connectivity index (χ4n) is 5.59. The first kappa shape index (κ1) is 40.8. The van der Waals surface area contributed by atoms with Crippen LogP contribution >= 0.6 is 0 Å². The molecule has 2 fully saturated rings. The van der Waals surface area contributed by atoms with E-state index >= 15 is 0 Å². The number of nitrogens with zero attached hydrogens (tertiary/aromatic N) is 2. The number of nitrogens with one attached hydrogen (secondary N) is 5. The smallest absolute Gasteiger partial charge is 0.381 e. The lowest BCUT2D eigenvalue weighted by atomic mass is 9.85. The molecular formula is C34H56F3N7O4. The van der Waals surface area contributed by atoms with E-state index in [1.807, 2.05) is 13.8 Å². The Morgan fingerprint density at radius 3 is 2.29 bits per heavy atom. The molecule has 1 aromatic heterocycles. The Kier molecular flexibility index (Phi) is 15.6. The summed E-state index contributed by atoms with van der Waals surface area (Å²) in [6.07, 6.45) is 2.51. The number of halogens is 3. The molecule has 2 amide bonds. The van der Waals surface area contributed by atoms with Gasteiger partial charge in [-0.25, -0.2) is 0 Å². The fraction of sp³-hybridized carbons (Fsp3) is 0.706. The van der Waals surface area contributed by atoms with Crippen molar-refractivity contribution in [2.75, 3.05) is 19.8 Å². The zero-order valence-corrected chi connectivity index (χ0v) is 29.9. The van der Waals surface area contributed by atoms with Crippen LogP contribution in [-0.2, 0) is 21.3 Å². The molecule has 4 atom stereocenters. The van der Waals surface area contributed by atoms with Crippen LogP contribution in [0.3, 0.4) is 0 Å². The van der Waals surface area contributed by atoms with Crippen LogP contribution in [0.15, 0.2) is 35.3 Å². The van der Waals surface area contributed by atoms with Gasteiger partial charge in [0.05, 0.1) is 24.0 Å². The van der Waals surface area contributed by atoms with E-state index in [1.54, 1.807) is 13.2 Å². The van der Waals surface area contributed by atoms with Gasteiger partial charge in [0.25, 0.3) is 5.91 Å². The molecule has 0 aromatic carbocycles. The normalized spacial score (nSPS) is 21.8. The molecule has 3 aliphatic heterocycles. The van der Waals surface area contributed by atoms with E-state index in [0.29, 0.717) is 17.5 Å². The first-order valence-corrected chi connectivity index (χ1v) is 16.7. The first-order valence-electron chi connectivity index (χ1n) is 16.7. The van der Waals surface area contributed by atoms with Crippen LogP contribution in [0, 0.1) is 17.2 Å². The third-order valence-corrected chi connectivity index (χ3v) is 8.72. The number of ether oxygens (including phenoxy) is 2. The summed E-state index contributed by atoms with van der Waals surface area (Å²) in [5.74, 6) is 1.01. The summed E-state index contributed by atoms with van der Waals surface area (Å²) in [5.41, 5.74) is 1.88. The van der Waals surface area contributed by atoms with Gasteiger partial charge in [0.2, 0.25) is 5.91 Å². The van der Waals surface area contributed by atoms with Gasteiger partial charge < -0.3 is 36.2 Å². The van der Waals surface area contributed by atoms with Crippen molar-refractivity contribution < 1.29 is 32.2 Å². The lowest BCUT2D eigenvalue weighted by molar-refractivity contribution is -0.276. The van der Waals surface area contributed by atoms with Crippen molar-refractivity contribution in [1.29, 1.82) is 5.41 Å².